The second-order valence-electron chi connectivity index (χ2n) is 2.56. The van der Waals surface area contributed by atoms with E-state index in [9.17, 15) is 13.6 Å². The Hall–Kier alpha value is -1.43. The first kappa shape index (κ1) is 10.6. The number of rotatable bonds is 3. The van der Waals surface area contributed by atoms with E-state index in [0.29, 0.717) is 0 Å². The van der Waals surface area contributed by atoms with E-state index in [2.05, 4.69) is 9.72 Å². The van der Waals surface area contributed by atoms with Gasteiger partial charge in [-0.15, -0.1) is 0 Å². The number of hydrogen-bond donors (Lipinski definition) is 2. The first-order chi connectivity index (χ1) is 6.60. The van der Waals surface area contributed by atoms with E-state index in [1.807, 2.05) is 0 Å². The van der Waals surface area contributed by atoms with Crippen molar-refractivity contribution in [3.8, 4) is 5.88 Å². The highest BCUT2D eigenvalue weighted by Gasteiger charge is 2.16. The molecule has 0 saturated heterocycles. The zero-order chi connectivity index (χ0) is 10.7. The molecule has 0 fully saturated rings. The number of aliphatic hydroxyl groups excluding tert-OH is 1. The van der Waals surface area contributed by atoms with Crippen LogP contribution in [0.1, 0.15) is 17.6 Å². The molecular weight excluding hydrogens is 196 g/mol. The van der Waals surface area contributed by atoms with Crippen molar-refractivity contribution in [1.29, 1.82) is 0 Å². The highest BCUT2D eigenvalue weighted by atomic mass is 19.3. The van der Waals surface area contributed by atoms with Gasteiger partial charge in [-0.3, -0.25) is 9.78 Å². The van der Waals surface area contributed by atoms with Crippen LogP contribution in [0.5, 0.6) is 5.88 Å². The molecule has 1 heterocycles. The molecule has 1 rings (SSSR count). The van der Waals surface area contributed by atoms with Crippen LogP contribution in [0.15, 0.2) is 10.9 Å². The van der Waals surface area contributed by atoms with Crippen LogP contribution in [-0.4, -0.2) is 17.2 Å². The Kier molecular flexibility index (Phi) is 3.19. The van der Waals surface area contributed by atoms with Crippen LogP contribution in [0.4, 0.5) is 8.78 Å². The van der Waals surface area contributed by atoms with Gasteiger partial charge in [-0.2, -0.15) is 0 Å². The number of pyridine rings is 1. The highest BCUT2D eigenvalue weighted by molar-refractivity contribution is 5.29. The first-order valence-electron chi connectivity index (χ1n) is 3.79. The van der Waals surface area contributed by atoms with Gasteiger partial charge in [-0.1, -0.05) is 0 Å². The van der Waals surface area contributed by atoms with Crippen LogP contribution in [0.2, 0.25) is 0 Å². The fourth-order valence-electron chi connectivity index (χ4n) is 1.05. The quantitative estimate of drug-likeness (QED) is 0.767. The van der Waals surface area contributed by atoms with E-state index in [1.54, 1.807) is 0 Å². The number of aromatic nitrogens is 1. The maximum Gasteiger partial charge on any atom is 0.264 e. The molecule has 1 aromatic heterocycles. The van der Waals surface area contributed by atoms with Crippen LogP contribution >= 0.6 is 0 Å². The number of aliphatic hydroxyl groups is 1. The summed E-state index contributed by atoms with van der Waals surface area (Å²) in [5, 5.41) is 8.72. The number of hydrogen-bond acceptors (Lipinski definition) is 3. The van der Waals surface area contributed by atoms with Gasteiger partial charge in [0.05, 0.1) is 19.3 Å². The summed E-state index contributed by atoms with van der Waals surface area (Å²) in [5.74, 6) is -0.0532. The smallest absolute Gasteiger partial charge is 0.264 e. The van der Waals surface area contributed by atoms with E-state index < -0.39 is 24.2 Å². The number of H-pyrrole nitrogens is 1. The van der Waals surface area contributed by atoms with Gasteiger partial charge in [0.2, 0.25) is 0 Å². The van der Waals surface area contributed by atoms with Gasteiger partial charge in [0.25, 0.3) is 12.0 Å². The first-order valence-corrected chi connectivity index (χ1v) is 3.79. The lowest BCUT2D eigenvalue weighted by Crippen LogP contribution is -2.16. The summed E-state index contributed by atoms with van der Waals surface area (Å²) < 4.78 is 29.4. The summed E-state index contributed by atoms with van der Waals surface area (Å²) >= 11 is 0. The van der Waals surface area contributed by atoms with Crippen molar-refractivity contribution in [2.24, 2.45) is 0 Å². The van der Waals surface area contributed by atoms with E-state index in [1.165, 1.54) is 7.11 Å². The maximum atomic E-state index is 12.4. The van der Waals surface area contributed by atoms with Crippen LogP contribution in [-0.2, 0) is 6.61 Å². The molecule has 0 atom stereocenters. The van der Waals surface area contributed by atoms with Gasteiger partial charge in [0.1, 0.15) is 0 Å². The third-order valence-electron chi connectivity index (χ3n) is 1.76. The molecular formula is C8H9F2NO3. The average Bonchev–Trinajstić information content (AvgIpc) is 2.16. The Labute approximate surface area is 78.1 Å². The molecule has 0 saturated carbocycles. The molecule has 0 spiro atoms. The van der Waals surface area contributed by atoms with Crippen molar-refractivity contribution >= 4 is 0 Å². The van der Waals surface area contributed by atoms with Gasteiger partial charge < -0.3 is 9.84 Å². The molecule has 78 valence electrons. The molecule has 0 aromatic carbocycles. The van der Waals surface area contributed by atoms with Crippen molar-refractivity contribution in [1.82, 2.24) is 4.98 Å². The molecule has 0 amide bonds. The summed E-state index contributed by atoms with van der Waals surface area (Å²) in [6.45, 7) is -0.723. The summed E-state index contributed by atoms with van der Waals surface area (Å²) in [7, 11) is 1.25. The zero-order valence-corrected chi connectivity index (χ0v) is 7.38. The van der Waals surface area contributed by atoms with Crippen molar-refractivity contribution in [2.75, 3.05) is 7.11 Å². The van der Waals surface area contributed by atoms with Gasteiger partial charge in [0, 0.05) is 11.6 Å². The van der Waals surface area contributed by atoms with Crippen LogP contribution in [0, 0.1) is 0 Å². The van der Waals surface area contributed by atoms with Crippen molar-refractivity contribution in [3.63, 3.8) is 0 Å². The van der Waals surface area contributed by atoms with Crippen LogP contribution < -0.4 is 10.3 Å². The van der Waals surface area contributed by atoms with Crippen LogP contribution in [0.3, 0.4) is 0 Å². The molecule has 0 aliphatic rings. The normalized spacial score (nSPS) is 10.6. The minimum Gasteiger partial charge on any atom is -0.482 e. The molecule has 0 aliphatic carbocycles. The lowest BCUT2D eigenvalue weighted by molar-refractivity contribution is 0.146. The van der Waals surface area contributed by atoms with Gasteiger partial charge in [-0.05, 0) is 0 Å². The van der Waals surface area contributed by atoms with Crippen molar-refractivity contribution < 1.29 is 18.6 Å². The highest BCUT2D eigenvalue weighted by Crippen LogP contribution is 2.23. The predicted molar refractivity (Wildman–Crippen MR) is 44.5 cm³/mol. The topological polar surface area (TPSA) is 62.3 Å². The Morgan fingerprint density at radius 1 is 1.64 bits per heavy atom. The summed E-state index contributed by atoms with van der Waals surface area (Å²) in [6.07, 6.45) is -2.81. The minimum absolute atomic E-state index is 0.0532. The van der Waals surface area contributed by atoms with E-state index in [4.69, 9.17) is 5.11 Å². The van der Waals surface area contributed by atoms with E-state index in [0.717, 1.165) is 6.07 Å². The molecule has 6 heteroatoms. The lowest BCUT2D eigenvalue weighted by atomic mass is 10.1. The second-order valence-corrected chi connectivity index (χ2v) is 2.56. The third-order valence-corrected chi connectivity index (χ3v) is 1.76. The van der Waals surface area contributed by atoms with Gasteiger partial charge in [-0.25, -0.2) is 8.78 Å². The standard InChI is InChI=1S/C8H9F2NO3/c1-14-6-2-4(7(9)10)5(3-12)8(13)11-6/h2,7,12H,3H2,1H3,(H,11,13). The molecule has 14 heavy (non-hydrogen) atoms. The molecule has 4 nitrogen and oxygen atoms in total. The average molecular weight is 205 g/mol. The lowest BCUT2D eigenvalue weighted by Gasteiger charge is -2.07. The fourth-order valence-corrected chi connectivity index (χ4v) is 1.05. The SMILES string of the molecule is COc1cc(C(F)F)c(CO)c(=O)[nH]1. The Morgan fingerprint density at radius 2 is 2.29 bits per heavy atom. The van der Waals surface area contributed by atoms with Crippen molar-refractivity contribution in [2.45, 2.75) is 13.0 Å². The molecule has 0 bridgehead atoms. The van der Waals surface area contributed by atoms with Gasteiger partial charge in [0.15, 0.2) is 5.88 Å². The fraction of sp³-hybridized carbons (Fsp3) is 0.375. The summed E-state index contributed by atoms with van der Waals surface area (Å²) in [4.78, 5) is 13.3. The number of methoxy groups -OCH3 is 1. The van der Waals surface area contributed by atoms with Crippen molar-refractivity contribution in [3.05, 3.63) is 27.5 Å². The Balaban J connectivity index is 3.36. The largest absolute Gasteiger partial charge is 0.482 e. The monoisotopic (exact) mass is 205 g/mol. The minimum atomic E-state index is -2.81. The predicted octanol–water partition coefficient (Wildman–Crippen LogP) is 0.813. The number of nitrogens with one attached hydrogen (secondary N) is 1. The second kappa shape index (κ2) is 4.19. The molecule has 0 aliphatic heterocycles. The van der Waals surface area contributed by atoms with E-state index in [-0.39, 0.29) is 11.4 Å². The third kappa shape index (κ3) is 1.90. The number of alkyl halides is 2. The maximum absolute atomic E-state index is 12.4. The Bertz CT molecular complexity index is 375. The van der Waals surface area contributed by atoms with E-state index >= 15 is 0 Å². The van der Waals surface area contributed by atoms with Crippen LogP contribution in [0.25, 0.3) is 0 Å². The number of aromatic amines is 1. The zero-order valence-electron chi connectivity index (χ0n) is 7.38. The molecule has 0 unspecified atom stereocenters. The molecule has 0 radical (unpaired) electrons. The summed E-state index contributed by atoms with van der Waals surface area (Å²) in [5.41, 5.74) is -1.60. The Morgan fingerprint density at radius 3 is 2.71 bits per heavy atom. The summed E-state index contributed by atoms with van der Waals surface area (Å²) in [6, 6.07) is 0.998. The number of halogens is 2. The number of ether oxygens (including phenoxy) is 1. The molecule has 2 N–H and O–H groups in total. The van der Waals surface area contributed by atoms with Gasteiger partial charge >= 0.3 is 0 Å². The molecule has 1 aromatic rings.